The van der Waals surface area contributed by atoms with Crippen LogP contribution in [0.1, 0.15) is 0 Å². The van der Waals surface area contributed by atoms with Gasteiger partial charge >= 0.3 is 0 Å². The second-order valence-electron chi connectivity index (χ2n) is 16.1. The van der Waals surface area contributed by atoms with Crippen molar-refractivity contribution in [1.29, 1.82) is 0 Å². The minimum atomic E-state index is 1.10. The Morgan fingerprint density at radius 2 is 0.661 bits per heavy atom. The van der Waals surface area contributed by atoms with Gasteiger partial charge in [0.1, 0.15) is 0 Å². The molecule has 12 aromatic rings. The zero-order valence-electron chi connectivity index (χ0n) is 33.9. The SMILES string of the molecule is c1ccc(-c2cc(-c3ccccc3)cc(-c3ccc(N(c4ccc(-c5cccc6c5sc5ccccc56)cc4)c4ccc5c6ccccc6c6ccccc6c5c4)cc3)c2)cc1. The van der Waals surface area contributed by atoms with Gasteiger partial charge in [0.2, 0.25) is 0 Å². The van der Waals surface area contributed by atoms with Gasteiger partial charge in [-0.3, -0.25) is 0 Å². The van der Waals surface area contributed by atoms with E-state index < -0.39 is 0 Å². The maximum absolute atomic E-state index is 2.41. The van der Waals surface area contributed by atoms with Crippen LogP contribution in [0.4, 0.5) is 17.1 Å². The Balaban J connectivity index is 1.01. The molecule has 290 valence electrons. The molecule has 0 saturated carbocycles. The summed E-state index contributed by atoms with van der Waals surface area (Å²) in [6.45, 7) is 0. The molecule has 1 nitrogen and oxygen atoms in total. The first-order valence-electron chi connectivity index (χ1n) is 21.2. The van der Waals surface area contributed by atoms with E-state index in [0.717, 1.165) is 17.1 Å². The molecule has 0 N–H and O–H groups in total. The van der Waals surface area contributed by atoms with Gasteiger partial charge in [0, 0.05) is 37.2 Å². The number of fused-ring (bicyclic) bond motifs is 9. The smallest absolute Gasteiger partial charge is 0.0468 e. The van der Waals surface area contributed by atoms with Crippen LogP contribution in [-0.4, -0.2) is 0 Å². The second kappa shape index (κ2) is 15.0. The summed E-state index contributed by atoms with van der Waals surface area (Å²) in [6.07, 6.45) is 0. The summed E-state index contributed by atoms with van der Waals surface area (Å²) in [5.41, 5.74) is 13.0. The maximum atomic E-state index is 2.41. The molecule has 0 spiro atoms. The van der Waals surface area contributed by atoms with Gasteiger partial charge in [-0.05, 0) is 137 Å². The van der Waals surface area contributed by atoms with E-state index in [-0.39, 0.29) is 0 Å². The van der Waals surface area contributed by atoms with Crippen molar-refractivity contribution in [1.82, 2.24) is 0 Å². The van der Waals surface area contributed by atoms with Crippen molar-refractivity contribution in [2.75, 3.05) is 4.90 Å². The summed E-state index contributed by atoms with van der Waals surface area (Å²) in [6, 6.07) is 86.7. The second-order valence-corrected chi connectivity index (χ2v) is 17.1. The van der Waals surface area contributed by atoms with Crippen molar-refractivity contribution in [2.24, 2.45) is 0 Å². The highest BCUT2D eigenvalue weighted by molar-refractivity contribution is 7.26. The topological polar surface area (TPSA) is 3.24 Å². The molecule has 0 fully saturated rings. The molecule has 11 aromatic carbocycles. The quantitative estimate of drug-likeness (QED) is 0.145. The fourth-order valence-electron chi connectivity index (χ4n) is 9.44. The highest BCUT2D eigenvalue weighted by Gasteiger charge is 2.18. The predicted molar refractivity (Wildman–Crippen MR) is 268 cm³/mol. The van der Waals surface area contributed by atoms with Crippen LogP contribution in [0.2, 0.25) is 0 Å². The third-order valence-corrected chi connectivity index (χ3v) is 13.7. The van der Waals surface area contributed by atoms with Crippen molar-refractivity contribution in [3.05, 3.63) is 237 Å². The van der Waals surface area contributed by atoms with Crippen LogP contribution < -0.4 is 4.90 Å². The zero-order valence-corrected chi connectivity index (χ0v) is 34.7. The first-order valence-corrected chi connectivity index (χ1v) is 22.1. The van der Waals surface area contributed by atoms with Crippen molar-refractivity contribution in [3.63, 3.8) is 0 Å². The number of thiophene rings is 1. The van der Waals surface area contributed by atoms with Gasteiger partial charge in [0.25, 0.3) is 0 Å². The number of hydrogen-bond donors (Lipinski definition) is 0. The molecule has 0 amide bonds. The summed E-state index contributed by atoms with van der Waals surface area (Å²) in [5, 5.41) is 10.2. The fraction of sp³-hybridized carbons (Fsp3) is 0. The first kappa shape index (κ1) is 36.1. The van der Waals surface area contributed by atoms with E-state index in [1.54, 1.807) is 0 Å². The molecule has 0 aliphatic rings. The molecule has 0 radical (unpaired) electrons. The summed E-state index contributed by atoms with van der Waals surface area (Å²) in [4.78, 5) is 2.41. The Bertz CT molecular complexity index is 3510. The van der Waals surface area contributed by atoms with Crippen LogP contribution in [0.15, 0.2) is 237 Å². The largest absolute Gasteiger partial charge is 0.310 e. The van der Waals surface area contributed by atoms with E-state index >= 15 is 0 Å². The first-order chi connectivity index (χ1) is 30.7. The number of hydrogen-bond acceptors (Lipinski definition) is 2. The van der Waals surface area contributed by atoms with Gasteiger partial charge in [0.15, 0.2) is 0 Å². The van der Waals surface area contributed by atoms with Crippen molar-refractivity contribution in [3.8, 4) is 44.5 Å². The monoisotopic (exact) mass is 805 g/mol. The van der Waals surface area contributed by atoms with Crippen LogP contribution in [0.25, 0.3) is 97.0 Å². The van der Waals surface area contributed by atoms with Crippen LogP contribution in [-0.2, 0) is 0 Å². The van der Waals surface area contributed by atoms with E-state index in [1.807, 2.05) is 11.3 Å². The highest BCUT2D eigenvalue weighted by atomic mass is 32.1. The van der Waals surface area contributed by atoms with E-state index in [4.69, 9.17) is 0 Å². The van der Waals surface area contributed by atoms with Gasteiger partial charge in [-0.25, -0.2) is 0 Å². The van der Waals surface area contributed by atoms with Gasteiger partial charge in [0.05, 0.1) is 0 Å². The molecular formula is C60H39NS. The van der Waals surface area contributed by atoms with Gasteiger partial charge in [-0.15, -0.1) is 11.3 Å². The average molecular weight is 806 g/mol. The fourth-order valence-corrected chi connectivity index (χ4v) is 10.7. The number of benzene rings is 11. The summed E-state index contributed by atoms with van der Waals surface area (Å²) in [5.74, 6) is 0. The zero-order chi connectivity index (χ0) is 41.0. The number of nitrogens with zero attached hydrogens (tertiary/aromatic N) is 1. The van der Waals surface area contributed by atoms with Gasteiger partial charge in [-0.2, -0.15) is 0 Å². The number of anilines is 3. The lowest BCUT2D eigenvalue weighted by Gasteiger charge is -2.27. The highest BCUT2D eigenvalue weighted by Crippen LogP contribution is 2.44. The van der Waals surface area contributed by atoms with Crippen molar-refractivity contribution in [2.45, 2.75) is 0 Å². The summed E-state index contributed by atoms with van der Waals surface area (Å²) >= 11 is 1.88. The molecule has 0 saturated heterocycles. The van der Waals surface area contributed by atoms with E-state index in [0.29, 0.717) is 0 Å². The molecule has 1 heterocycles. The Morgan fingerprint density at radius 3 is 1.23 bits per heavy atom. The Kier molecular flexibility index (Phi) is 8.76. The van der Waals surface area contributed by atoms with Crippen molar-refractivity contribution >= 4 is 80.9 Å². The van der Waals surface area contributed by atoms with Gasteiger partial charge in [-0.1, -0.05) is 176 Å². The molecule has 62 heavy (non-hydrogen) atoms. The third kappa shape index (κ3) is 6.24. The van der Waals surface area contributed by atoms with Crippen LogP contribution in [0.5, 0.6) is 0 Å². The van der Waals surface area contributed by atoms with E-state index in [9.17, 15) is 0 Å². The summed E-state index contributed by atoms with van der Waals surface area (Å²) in [7, 11) is 0. The molecule has 1 aromatic heterocycles. The van der Waals surface area contributed by atoms with Crippen molar-refractivity contribution < 1.29 is 0 Å². The molecular weight excluding hydrogens is 767 g/mol. The standard InChI is InChI=1S/C60H39NS/c1-3-14-40(15-4-1)44-36-45(41-16-5-2-6-17-41)38-46(37-44)42-26-30-47(31-27-42)61(49-34-35-55-53-20-8-7-18-51(53)52-19-9-10-21-54(52)58(55)39-49)48-32-28-43(29-33-48)50-23-13-24-57-56-22-11-12-25-59(56)62-60(50)57/h1-39H. The Hall–Kier alpha value is -7.78. The lowest BCUT2D eigenvalue weighted by molar-refractivity contribution is 1.29. The van der Waals surface area contributed by atoms with Crippen LogP contribution in [0.3, 0.4) is 0 Å². The van der Waals surface area contributed by atoms with Crippen LogP contribution in [0, 0.1) is 0 Å². The molecule has 2 heteroatoms. The molecule has 0 unspecified atom stereocenters. The molecule has 0 aliphatic heterocycles. The summed E-state index contributed by atoms with van der Waals surface area (Å²) < 4.78 is 2.65. The normalized spacial score (nSPS) is 11.5. The molecule has 0 bridgehead atoms. The molecule has 0 aliphatic carbocycles. The number of rotatable bonds is 7. The Labute approximate surface area is 365 Å². The minimum Gasteiger partial charge on any atom is -0.310 e. The minimum absolute atomic E-state index is 1.10. The van der Waals surface area contributed by atoms with Crippen LogP contribution >= 0.6 is 11.3 Å². The average Bonchev–Trinajstić information content (AvgIpc) is 3.74. The Morgan fingerprint density at radius 1 is 0.242 bits per heavy atom. The third-order valence-electron chi connectivity index (χ3n) is 12.4. The predicted octanol–water partition coefficient (Wildman–Crippen LogP) is 17.7. The lowest BCUT2D eigenvalue weighted by atomic mass is 9.93. The molecule has 12 rings (SSSR count). The van der Waals surface area contributed by atoms with Gasteiger partial charge < -0.3 is 4.90 Å². The van der Waals surface area contributed by atoms with E-state index in [2.05, 4.69) is 241 Å². The van der Waals surface area contributed by atoms with E-state index in [1.165, 1.54) is 97.0 Å². The lowest BCUT2D eigenvalue weighted by Crippen LogP contribution is -2.10. The maximum Gasteiger partial charge on any atom is 0.0468 e. The molecule has 0 atom stereocenters.